The van der Waals surface area contributed by atoms with Crippen molar-refractivity contribution in [2.75, 3.05) is 19.7 Å². The fourth-order valence-electron chi connectivity index (χ4n) is 3.16. The minimum Gasteiger partial charge on any atom is -0.452 e. The van der Waals surface area contributed by atoms with Gasteiger partial charge in [0.15, 0.2) is 6.61 Å². The molecule has 1 fully saturated rings. The monoisotopic (exact) mass is 409 g/mol. The molecule has 2 aromatic rings. The van der Waals surface area contributed by atoms with Crippen molar-refractivity contribution in [1.82, 2.24) is 14.7 Å². The van der Waals surface area contributed by atoms with Gasteiger partial charge in [-0.2, -0.15) is 5.10 Å². The molecule has 0 bridgehead atoms. The maximum absolute atomic E-state index is 13.1. The zero-order valence-electron chi connectivity index (χ0n) is 15.8. The minimum atomic E-state index is -0.737. The molecule has 1 amide bonds. The van der Waals surface area contributed by atoms with Crippen molar-refractivity contribution < 1.29 is 23.5 Å². The number of amides is 1. The molecule has 0 unspecified atom stereocenters. The summed E-state index contributed by atoms with van der Waals surface area (Å²) in [5, 5.41) is 4.25. The number of carbonyl (C=O) groups excluding carboxylic acids is 2. The second-order valence-electron chi connectivity index (χ2n) is 6.77. The summed E-state index contributed by atoms with van der Waals surface area (Å²) in [6.45, 7) is 5.88. The van der Waals surface area contributed by atoms with Crippen LogP contribution < -0.4 is 0 Å². The molecule has 150 valence electrons. The first-order valence-corrected chi connectivity index (χ1v) is 9.25. The predicted molar refractivity (Wildman–Crippen MR) is 100 cm³/mol. The number of ether oxygens (including phenoxy) is 2. The van der Waals surface area contributed by atoms with Gasteiger partial charge >= 0.3 is 5.97 Å². The Hall–Kier alpha value is -2.45. The van der Waals surface area contributed by atoms with Gasteiger partial charge in [0.1, 0.15) is 16.5 Å². The van der Waals surface area contributed by atoms with Crippen molar-refractivity contribution >= 4 is 23.5 Å². The average molecular weight is 410 g/mol. The summed E-state index contributed by atoms with van der Waals surface area (Å²) in [4.78, 5) is 26.5. The fourth-order valence-corrected chi connectivity index (χ4v) is 3.51. The standard InChI is InChI=1S/C19H21ClFN3O4/c1-11-8-23(9-12(2)28-11)16(25)10-27-19(26)17-13(3)22-24(18(17)20)15-6-4-14(21)5-7-15/h4-7,11-12H,8-10H2,1-3H3/t11-,12-/m0/s1. The second-order valence-corrected chi connectivity index (χ2v) is 7.13. The first-order valence-electron chi connectivity index (χ1n) is 8.87. The number of morpholine rings is 1. The number of hydrogen-bond acceptors (Lipinski definition) is 5. The molecule has 2 atom stereocenters. The van der Waals surface area contributed by atoms with Gasteiger partial charge in [-0.1, -0.05) is 11.6 Å². The van der Waals surface area contributed by atoms with Crippen molar-refractivity contribution in [3.63, 3.8) is 0 Å². The summed E-state index contributed by atoms with van der Waals surface area (Å²) >= 11 is 6.30. The quantitative estimate of drug-likeness (QED) is 0.726. The van der Waals surface area contributed by atoms with Gasteiger partial charge in [-0.25, -0.2) is 13.9 Å². The molecule has 1 aliphatic rings. The molecule has 1 aromatic heterocycles. The highest BCUT2D eigenvalue weighted by Gasteiger charge is 2.28. The Labute approximate surface area is 167 Å². The van der Waals surface area contributed by atoms with E-state index in [2.05, 4.69) is 5.10 Å². The summed E-state index contributed by atoms with van der Waals surface area (Å²) in [6.07, 6.45) is -0.150. The van der Waals surface area contributed by atoms with Crippen LogP contribution in [0.4, 0.5) is 4.39 Å². The Morgan fingerprint density at radius 1 is 1.25 bits per heavy atom. The third-order valence-electron chi connectivity index (χ3n) is 4.38. The number of aromatic nitrogens is 2. The van der Waals surface area contributed by atoms with Gasteiger partial charge in [0, 0.05) is 13.1 Å². The lowest BCUT2D eigenvalue weighted by Crippen LogP contribution is -2.49. The molecular formula is C19H21ClFN3O4. The Morgan fingerprint density at radius 3 is 2.46 bits per heavy atom. The largest absolute Gasteiger partial charge is 0.452 e. The predicted octanol–water partition coefficient (Wildman–Crippen LogP) is 2.77. The van der Waals surface area contributed by atoms with Crippen LogP contribution in [0.2, 0.25) is 5.15 Å². The number of benzene rings is 1. The smallest absolute Gasteiger partial charge is 0.343 e. The number of halogens is 2. The van der Waals surface area contributed by atoms with E-state index < -0.39 is 18.4 Å². The fraction of sp³-hybridized carbons (Fsp3) is 0.421. The number of hydrogen-bond donors (Lipinski definition) is 0. The normalized spacial score (nSPS) is 19.5. The average Bonchev–Trinajstić information content (AvgIpc) is 2.93. The van der Waals surface area contributed by atoms with Crippen LogP contribution in [0.15, 0.2) is 24.3 Å². The Morgan fingerprint density at radius 2 is 1.86 bits per heavy atom. The molecule has 28 heavy (non-hydrogen) atoms. The van der Waals surface area contributed by atoms with Crippen molar-refractivity contribution in [3.05, 3.63) is 46.5 Å². The van der Waals surface area contributed by atoms with Crippen molar-refractivity contribution in [1.29, 1.82) is 0 Å². The summed E-state index contributed by atoms with van der Waals surface area (Å²) < 4.78 is 25.2. The molecule has 9 heteroatoms. The molecule has 1 aromatic carbocycles. The van der Waals surface area contributed by atoms with Gasteiger partial charge in [0.2, 0.25) is 0 Å². The van der Waals surface area contributed by atoms with Crippen molar-refractivity contribution in [2.45, 2.75) is 33.0 Å². The first-order chi connectivity index (χ1) is 13.3. The lowest BCUT2D eigenvalue weighted by molar-refractivity contribution is -0.146. The SMILES string of the molecule is Cc1nn(-c2ccc(F)cc2)c(Cl)c1C(=O)OCC(=O)N1C[C@H](C)O[C@@H](C)C1. The van der Waals surface area contributed by atoms with Gasteiger partial charge in [0.25, 0.3) is 5.91 Å². The topological polar surface area (TPSA) is 73.7 Å². The van der Waals surface area contributed by atoms with Crippen LogP contribution in [0.5, 0.6) is 0 Å². The van der Waals surface area contributed by atoms with Gasteiger partial charge < -0.3 is 14.4 Å². The molecule has 0 radical (unpaired) electrons. The van der Waals surface area contributed by atoms with Crippen LogP contribution in [0.3, 0.4) is 0 Å². The maximum Gasteiger partial charge on any atom is 0.343 e. The van der Waals surface area contributed by atoms with Crippen LogP contribution in [0.25, 0.3) is 5.69 Å². The highest BCUT2D eigenvalue weighted by atomic mass is 35.5. The van der Waals surface area contributed by atoms with Crippen LogP contribution >= 0.6 is 11.6 Å². The van der Waals surface area contributed by atoms with E-state index in [1.807, 2.05) is 13.8 Å². The second kappa shape index (κ2) is 8.28. The van der Waals surface area contributed by atoms with Crippen LogP contribution in [-0.4, -0.2) is 58.5 Å². The first kappa shape index (κ1) is 20.3. The molecule has 0 saturated carbocycles. The summed E-state index contributed by atoms with van der Waals surface area (Å²) in [7, 11) is 0. The summed E-state index contributed by atoms with van der Waals surface area (Å²) in [5.74, 6) is -1.43. The Kier molecular flexibility index (Phi) is 6.00. The van der Waals surface area contributed by atoms with Crippen LogP contribution in [0.1, 0.15) is 29.9 Å². The van der Waals surface area contributed by atoms with E-state index in [1.54, 1.807) is 11.8 Å². The molecule has 7 nitrogen and oxygen atoms in total. The van der Waals surface area contributed by atoms with E-state index in [0.717, 1.165) is 0 Å². The third-order valence-corrected chi connectivity index (χ3v) is 4.73. The van der Waals surface area contributed by atoms with Crippen molar-refractivity contribution in [2.24, 2.45) is 0 Å². The van der Waals surface area contributed by atoms with Gasteiger partial charge in [0.05, 0.1) is 23.6 Å². The van der Waals surface area contributed by atoms with E-state index in [1.165, 1.54) is 28.9 Å². The van der Waals surface area contributed by atoms with Gasteiger partial charge in [-0.3, -0.25) is 4.79 Å². The zero-order chi connectivity index (χ0) is 20.4. The molecule has 0 aliphatic carbocycles. The summed E-state index contributed by atoms with van der Waals surface area (Å²) in [5.41, 5.74) is 0.920. The Balaban J connectivity index is 1.69. The van der Waals surface area contributed by atoms with E-state index in [9.17, 15) is 14.0 Å². The number of carbonyl (C=O) groups is 2. The maximum atomic E-state index is 13.1. The highest BCUT2D eigenvalue weighted by Crippen LogP contribution is 2.24. The van der Waals surface area contributed by atoms with Crippen LogP contribution in [0, 0.1) is 12.7 Å². The van der Waals surface area contributed by atoms with E-state index in [4.69, 9.17) is 21.1 Å². The summed E-state index contributed by atoms with van der Waals surface area (Å²) in [6, 6.07) is 5.52. The Bertz CT molecular complexity index is 874. The van der Waals surface area contributed by atoms with E-state index >= 15 is 0 Å². The lowest BCUT2D eigenvalue weighted by atomic mass is 10.2. The third kappa shape index (κ3) is 4.34. The molecule has 0 spiro atoms. The lowest BCUT2D eigenvalue weighted by Gasteiger charge is -2.35. The molecular weight excluding hydrogens is 389 g/mol. The zero-order valence-corrected chi connectivity index (χ0v) is 16.6. The molecule has 2 heterocycles. The highest BCUT2D eigenvalue weighted by molar-refractivity contribution is 6.33. The number of esters is 1. The number of aryl methyl sites for hydroxylation is 1. The van der Waals surface area contributed by atoms with Gasteiger partial charge in [-0.15, -0.1) is 0 Å². The minimum absolute atomic E-state index is 0.0372. The molecule has 1 saturated heterocycles. The molecule has 1 aliphatic heterocycles. The van der Waals surface area contributed by atoms with E-state index in [0.29, 0.717) is 24.5 Å². The van der Waals surface area contributed by atoms with Gasteiger partial charge in [-0.05, 0) is 45.0 Å². The van der Waals surface area contributed by atoms with E-state index in [-0.39, 0.29) is 28.8 Å². The molecule has 0 N–H and O–H groups in total. The van der Waals surface area contributed by atoms with Crippen LogP contribution in [-0.2, 0) is 14.3 Å². The molecule has 3 rings (SSSR count). The number of rotatable bonds is 4. The van der Waals surface area contributed by atoms with Crippen molar-refractivity contribution in [3.8, 4) is 5.69 Å². The number of nitrogens with zero attached hydrogens (tertiary/aromatic N) is 3.